The van der Waals surface area contributed by atoms with Crippen LogP contribution in [-0.2, 0) is 11.3 Å². The van der Waals surface area contributed by atoms with Gasteiger partial charge in [0.1, 0.15) is 5.82 Å². The molecule has 0 saturated carbocycles. The number of aryl methyl sites for hydroxylation is 1. The number of anilines is 1. The smallest absolute Gasteiger partial charge is 0.219 e. The van der Waals surface area contributed by atoms with Crippen LogP contribution in [-0.4, -0.2) is 49.5 Å². The lowest BCUT2D eigenvalue weighted by molar-refractivity contribution is -0.133. The van der Waals surface area contributed by atoms with Crippen LogP contribution in [0, 0.1) is 6.92 Å². The molecule has 4 aromatic rings. The lowest BCUT2D eigenvalue weighted by Gasteiger charge is -2.39. The zero-order chi connectivity index (χ0) is 21.7. The van der Waals surface area contributed by atoms with Crippen LogP contribution in [0.2, 0.25) is 0 Å². The van der Waals surface area contributed by atoms with Gasteiger partial charge < -0.3 is 16.0 Å². The van der Waals surface area contributed by atoms with Crippen molar-refractivity contribution in [3.8, 4) is 11.1 Å². The van der Waals surface area contributed by atoms with E-state index in [1.807, 2.05) is 12.3 Å². The van der Waals surface area contributed by atoms with Gasteiger partial charge in [-0.2, -0.15) is 9.61 Å². The number of nitrogens with one attached hydrogen (secondary N) is 1. The molecule has 0 radical (unpaired) electrons. The molecule has 1 aliphatic rings. The van der Waals surface area contributed by atoms with Crippen LogP contribution < -0.4 is 11.1 Å². The predicted octanol–water partition coefficient (Wildman–Crippen LogP) is 2.92. The molecule has 31 heavy (non-hydrogen) atoms. The molecule has 1 amide bonds. The Labute approximate surface area is 187 Å². The highest BCUT2D eigenvalue weighted by molar-refractivity contribution is 9.10. The minimum Gasteiger partial charge on any atom is -0.383 e. The number of benzene rings is 1. The number of halogens is 1. The van der Waals surface area contributed by atoms with Crippen LogP contribution >= 0.6 is 15.9 Å². The van der Waals surface area contributed by atoms with Gasteiger partial charge in [-0.15, -0.1) is 0 Å². The molecule has 1 fully saturated rings. The van der Waals surface area contributed by atoms with Gasteiger partial charge in [0.15, 0.2) is 5.65 Å². The van der Waals surface area contributed by atoms with Crippen LogP contribution in [0.1, 0.15) is 18.2 Å². The Hall–Kier alpha value is -3.04. The fourth-order valence-electron chi connectivity index (χ4n) is 3.87. The van der Waals surface area contributed by atoms with Crippen molar-refractivity contribution in [2.75, 3.05) is 18.8 Å². The lowest BCUT2D eigenvalue weighted by atomic mass is 10.1. The summed E-state index contributed by atoms with van der Waals surface area (Å²) in [6.45, 7) is 5.62. The van der Waals surface area contributed by atoms with Crippen LogP contribution in [0.25, 0.3) is 27.7 Å². The molecule has 8 nitrogen and oxygen atoms in total. The Balaban J connectivity index is 1.48. The van der Waals surface area contributed by atoms with Crippen LogP contribution in [0.4, 0.5) is 5.82 Å². The molecule has 9 heteroatoms. The molecule has 1 saturated heterocycles. The van der Waals surface area contributed by atoms with Gasteiger partial charge in [-0.25, -0.2) is 4.98 Å². The van der Waals surface area contributed by atoms with Crippen LogP contribution in [0.3, 0.4) is 0 Å². The van der Waals surface area contributed by atoms with Gasteiger partial charge in [0, 0.05) is 55.3 Å². The molecule has 158 valence electrons. The van der Waals surface area contributed by atoms with Crippen molar-refractivity contribution in [3.63, 3.8) is 0 Å². The number of nitrogen functional groups attached to an aromatic ring is 1. The van der Waals surface area contributed by atoms with E-state index < -0.39 is 0 Å². The maximum Gasteiger partial charge on any atom is 0.219 e. The summed E-state index contributed by atoms with van der Waals surface area (Å²) in [5.41, 5.74) is 11.8. The first-order valence-corrected chi connectivity index (χ1v) is 10.9. The Morgan fingerprint density at radius 1 is 1.29 bits per heavy atom. The number of hydrogen-bond donors (Lipinski definition) is 2. The summed E-state index contributed by atoms with van der Waals surface area (Å²) < 4.78 is 2.36. The maximum atomic E-state index is 11.4. The molecular formula is C22H22BrN7O. The number of aromatic nitrogens is 4. The van der Waals surface area contributed by atoms with E-state index in [1.165, 1.54) is 5.56 Å². The highest BCUT2D eigenvalue weighted by atomic mass is 79.9. The minimum atomic E-state index is 0.103. The molecule has 4 heterocycles. The molecule has 0 atom stereocenters. The summed E-state index contributed by atoms with van der Waals surface area (Å²) in [7, 11) is 0. The standard InChI is InChI=1S/C22H22BrN7O/c1-12-3-4-18-14(5-12)6-15(7-26-18)17-8-27-30-21(24)20(23)19(28-22(17)30)9-25-16-10-29(11-16)13(2)31/h3-8,16,25H,9-11,24H2,1-2H3. The van der Waals surface area contributed by atoms with E-state index in [9.17, 15) is 4.79 Å². The number of amides is 1. The number of carbonyl (C=O) groups is 1. The average Bonchev–Trinajstić information content (AvgIpc) is 3.13. The fraction of sp³-hybridized carbons (Fsp3) is 0.273. The highest BCUT2D eigenvalue weighted by Gasteiger charge is 2.28. The molecule has 0 aliphatic carbocycles. The molecule has 3 aromatic heterocycles. The number of carbonyl (C=O) groups excluding carboxylic acids is 1. The lowest BCUT2D eigenvalue weighted by Crippen LogP contribution is -2.59. The topological polar surface area (TPSA) is 101 Å². The van der Waals surface area contributed by atoms with Crippen molar-refractivity contribution >= 4 is 44.2 Å². The molecule has 3 N–H and O–H groups in total. The summed E-state index contributed by atoms with van der Waals surface area (Å²) in [6.07, 6.45) is 3.62. The van der Waals surface area contributed by atoms with Crippen molar-refractivity contribution < 1.29 is 4.79 Å². The molecule has 1 aliphatic heterocycles. The fourth-order valence-corrected chi connectivity index (χ4v) is 4.27. The number of nitrogens with two attached hydrogens (primary N) is 1. The SMILES string of the molecule is CC(=O)N1CC(NCc2nc3c(-c4cnc5ccc(C)cc5c4)cnn3c(N)c2Br)C1. The summed E-state index contributed by atoms with van der Waals surface area (Å²) in [6, 6.07) is 8.56. The van der Waals surface area contributed by atoms with Crippen LogP contribution in [0.15, 0.2) is 41.1 Å². The molecule has 0 unspecified atom stereocenters. The van der Waals surface area contributed by atoms with Crippen molar-refractivity contribution in [2.45, 2.75) is 26.4 Å². The number of likely N-dealkylation sites (tertiary alicyclic amines) is 1. The number of rotatable bonds is 4. The Morgan fingerprint density at radius 3 is 2.87 bits per heavy atom. The van der Waals surface area contributed by atoms with E-state index >= 15 is 0 Å². The van der Waals surface area contributed by atoms with E-state index in [1.54, 1.807) is 22.5 Å². The van der Waals surface area contributed by atoms with Gasteiger partial charge in [-0.3, -0.25) is 9.78 Å². The first kappa shape index (κ1) is 19.9. The van der Waals surface area contributed by atoms with Crippen LogP contribution in [0.5, 0.6) is 0 Å². The van der Waals surface area contributed by atoms with Crippen molar-refractivity contribution in [3.05, 3.63) is 52.4 Å². The third kappa shape index (κ3) is 3.53. The number of hydrogen-bond acceptors (Lipinski definition) is 6. The van der Waals surface area contributed by atoms with Crippen molar-refractivity contribution in [1.82, 2.24) is 29.8 Å². The summed E-state index contributed by atoms with van der Waals surface area (Å²) in [5, 5.41) is 8.98. The van der Waals surface area contributed by atoms with E-state index in [4.69, 9.17) is 10.7 Å². The minimum absolute atomic E-state index is 0.103. The third-order valence-corrected chi connectivity index (χ3v) is 6.59. The van der Waals surface area contributed by atoms with E-state index in [0.29, 0.717) is 31.1 Å². The zero-order valence-electron chi connectivity index (χ0n) is 17.3. The third-order valence-electron chi connectivity index (χ3n) is 5.72. The maximum absolute atomic E-state index is 11.4. The van der Waals surface area contributed by atoms with Gasteiger partial charge in [0.2, 0.25) is 5.91 Å². The Bertz CT molecular complexity index is 1330. The summed E-state index contributed by atoms with van der Waals surface area (Å²) >= 11 is 3.57. The summed E-state index contributed by atoms with van der Waals surface area (Å²) in [5.74, 6) is 0.600. The van der Waals surface area contributed by atoms with Gasteiger partial charge in [-0.1, -0.05) is 11.6 Å². The molecule has 0 spiro atoms. The summed E-state index contributed by atoms with van der Waals surface area (Å²) in [4.78, 5) is 22.6. The molecule has 1 aromatic carbocycles. The first-order chi connectivity index (χ1) is 14.9. The zero-order valence-corrected chi connectivity index (χ0v) is 18.8. The number of pyridine rings is 1. The predicted molar refractivity (Wildman–Crippen MR) is 123 cm³/mol. The Morgan fingerprint density at radius 2 is 2.10 bits per heavy atom. The number of fused-ring (bicyclic) bond motifs is 2. The normalized spacial score (nSPS) is 14.4. The van der Waals surface area contributed by atoms with Gasteiger partial charge >= 0.3 is 0 Å². The van der Waals surface area contributed by atoms with Gasteiger partial charge in [0.05, 0.1) is 21.9 Å². The van der Waals surface area contributed by atoms with Crippen molar-refractivity contribution in [2.24, 2.45) is 0 Å². The Kier molecular flexibility index (Phi) is 4.86. The van der Waals surface area contributed by atoms with E-state index in [-0.39, 0.29) is 11.9 Å². The largest absolute Gasteiger partial charge is 0.383 e. The van der Waals surface area contributed by atoms with E-state index in [2.05, 4.69) is 56.5 Å². The first-order valence-electron chi connectivity index (χ1n) is 10.1. The monoisotopic (exact) mass is 479 g/mol. The molecule has 0 bridgehead atoms. The van der Waals surface area contributed by atoms with Gasteiger partial charge in [0.25, 0.3) is 0 Å². The number of nitrogens with zero attached hydrogens (tertiary/aromatic N) is 5. The highest BCUT2D eigenvalue weighted by Crippen LogP contribution is 2.31. The quantitative estimate of drug-likeness (QED) is 0.466. The molecule has 5 rings (SSSR count). The van der Waals surface area contributed by atoms with Gasteiger partial charge in [-0.05, 0) is 41.1 Å². The second kappa shape index (κ2) is 7.58. The van der Waals surface area contributed by atoms with E-state index in [0.717, 1.165) is 32.2 Å². The average molecular weight is 480 g/mol. The molecular weight excluding hydrogens is 458 g/mol. The second-order valence-corrected chi connectivity index (χ2v) is 8.77. The second-order valence-electron chi connectivity index (χ2n) is 7.97. The van der Waals surface area contributed by atoms with Crippen molar-refractivity contribution in [1.29, 1.82) is 0 Å².